The van der Waals surface area contributed by atoms with E-state index in [1.165, 1.54) is 32.2 Å². The van der Waals surface area contributed by atoms with Gasteiger partial charge in [0.25, 0.3) is 6.43 Å². The van der Waals surface area contributed by atoms with E-state index in [9.17, 15) is 18.0 Å². The molecule has 0 aliphatic carbocycles. The summed E-state index contributed by atoms with van der Waals surface area (Å²) >= 11 is 0. The second-order valence-corrected chi connectivity index (χ2v) is 7.61. The van der Waals surface area contributed by atoms with Crippen LogP contribution in [0, 0.1) is 0 Å². The third kappa shape index (κ3) is 6.90. The summed E-state index contributed by atoms with van der Waals surface area (Å²) in [6.07, 6.45) is -1.72. The SMILES string of the molecule is CC(C)(F)CC(C)(N)COc1cnc(-c2ccnc(NC(=O)O)c2)cc1C(F)F. The quantitative estimate of drug-likeness (QED) is 0.593. The molecule has 2 heterocycles. The molecule has 0 aliphatic rings. The van der Waals surface area contributed by atoms with E-state index in [4.69, 9.17) is 15.6 Å². The first-order valence-corrected chi connectivity index (χ1v) is 8.71. The van der Waals surface area contributed by atoms with Gasteiger partial charge < -0.3 is 15.6 Å². The highest BCUT2D eigenvalue weighted by atomic mass is 19.3. The van der Waals surface area contributed by atoms with Gasteiger partial charge in [0, 0.05) is 18.2 Å². The highest BCUT2D eigenvalue weighted by Gasteiger charge is 2.30. The predicted molar refractivity (Wildman–Crippen MR) is 102 cm³/mol. The first-order chi connectivity index (χ1) is 13.4. The fourth-order valence-corrected chi connectivity index (χ4v) is 2.93. The Bertz CT molecular complexity index is 870. The minimum Gasteiger partial charge on any atom is -0.490 e. The van der Waals surface area contributed by atoms with Crippen molar-refractivity contribution >= 4 is 11.9 Å². The number of aromatic nitrogens is 2. The maximum atomic E-state index is 13.9. The van der Waals surface area contributed by atoms with E-state index in [0.717, 1.165) is 12.3 Å². The van der Waals surface area contributed by atoms with Crippen LogP contribution in [0.25, 0.3) is 11.3 Å². The number of hydrogen-bond acceptors (Lipinski definition) is 5. The molecular weight excluding hydrogens is 389 g/mol. The smallest absolute Gasteiger partial charge is 0.410 e. The minimum absolute atomic E-state index is 0.0219. The molecule has 0 radical (unpaired) electrons. The number of hydrogen-bond donors (Lipinski definition) is 3. The van der Waals surface area contributed by atoms with Gasteiger partial charge in [-0.2, -0.15) is 0 Å². The molecule has 158 valence electrons. The Morgan fingerprint density at radius 1 is 1.31 bits per heavy atom. The zero-order valence-electron chi connectivity index (χ0n) is 16.2. The summed E-state index contributed by atoms with van der Waals surface area (Å²) in [6.45, 7) is 4.15. The van der Waals surface area contributed by atoms with Gasteiger partial charge in [0.05, 0.1) is 23.0 Å². The molecule has 0 aliphatic heterocycles. The molecule has 0 aromatic carbocycles. The Kier molecular flexibility index (Phi) is 6.68. The molecule has 29 heavy (non-hydrogen) atoms. The average molecular weight is 412 g/mol. The van der Waals surface area contributed by atoms with E-state index in [1.807, 2.05) is 0 Å². The molecule has 1 atom stereocenters. The summed E-state index contributed by atoms with van der Waals surface area (Å²) in [5.41, 5.74) is 3.58. The summed E-state index contributed by atoms with van der Waals surface area (Å²) in [6, 6.07) is 4.02. The van der Waals surface area contributed by atoms with Crippen LogP contribution in [0.15, 0.2) is 30.6 Å². The molecule has 1 amide bonds. The van der Waals surface area contributed by atoms with Crippen LogP contribution < -0.4 is 15.8 Å². The number of ether oxygens (including phenoxy) is 1. The van der Waals surface area contributed by atoms with Gasteiger partial charge in [0.2, 0.25) is 0 Å². The highest BCUT2D eigenvalue weighted by molar-refractivity contribution is 5.82. The van der Waals surface area contributed by atoms with Gasteiger partial charge in [0.1, 0.15) is 23.8 Å². The fourth-order valence-electron chi connectivity index (χ4n) is 2.93. The molecule has 0 fully saturated rings. The van der Waals surface area contributed by atoms with Crippen molar-refractivity contribution in [3.63, 3.8) is 0 Å². The lowest BCUT2D eigenvalue weighted by atomic mass is 9.91. The zero-order chi connectivity index (χ0) is 21.8. The number of carboxylic acid groups (broad SMARTS) is 1. The van der Waals surface area contributed by atoms with Gasteiger partial charge in [0.15, 0.2) is 0 Å². The standard InChI is InChI=1S/C19H23F3N4O3/c1-18(2,22)9-19(3,23)10-29-14-8-25-13(7-12(14)16(20)21)11-4-5-24-15(6-11)26-17(27)28/h4-8,16H,9-10,23H2,1-3H3,(H,24,26)(H,27,28). The molecule has 10 heteroatoms. The topological polar surface area (TPSA) is 110 Å². The number of nitrogens with zero attached hydrogens (tertiary/aromatic N) is 2. The van der Waals surface area contributed by atoms with Gasteiger partial charge in [-0.05, 0) is 39.0 Å². The third-order valence-electron chi connectivity index (χ3n) is 3.81. The molecule has 2 aromatic rings. The van der Waals surface area contributed by atoms with Crippen molar-refractivity contribution in [2.45, 2.75) is 44.8 Å². The number of alkyl halides is 3. The summed E-state index contributed by atoms with van der Waals surface area (Å²) in [7, 11) is 0. The molecule has 1 unspecified atom stereocenters. The van der Waals surface area contributed by atoms with E-state index in [1.54, 1.807) is 6.92 Å². The Labute approximate surface area is 166 Å². The van der Waals surface area contributed by atoms with Crippen LogP contribution >= 0.6 is 0 Å². The van der Waals surface area contributed by atoms with E-state index >= 15 is 0 Å². The molecule has 0 bridgehead atoms. The van der Waals surface area contributed by atoms with Crippen molar-refractivity contribution in [3.8, 4) is 17.0 Å². The average Bonchev–Trinajstić information content (AvgIpc) is 2.57. The Morgan fingerprint density at radius 3 is 2.59 bits per heavy atom. The van der Waals surface area contributed by atoms with Crippen LogP contribution in [-0.4, -0.2) is 39.0 Å². The first-order valence-electron chi connectivity index (χ1n) is 8.71. The largest absolute Gasteiger partial charge is 0.490 e. The van der Waals surface area contributed by atoms with Crippen molar-refractivity contribution in [2.24, 2.45) is 5.73 Å². The number of amides is 1. The van der Waals surface area contributed by atoms with Gasteiger partial charge >= 0.3 is 6.09 Å². The zero-order valence-corrected chi connectivity index (χ0v) is 16.2. The summed E-state index contributed by atoms with van der Waals surface area (Å²) in [5.74, 6) is -0.126. The Hall–Kier alpha value is -2.88. The summed E-state index contributed by atoms with van der Waals surface area (Å²) < 4.78 is 46.4. The molecule has 2 aromatic heterocycles. The molecule has 2 rings (SSSR count). The Morgan fingerprint density at radius 2 is 2.00 bits per heavy atom. The predicted octanol–water partition coefficient (Wildman–Crippen LogP) is 4.41. The number of nitrogens with two attached hydrogens (primary N) is 1. The van der Waals surface area contributed by atoms with Crippen LogP contribution in [0.4, 0.5) is 23.8 Å². The van der Waals surface area contributed by atoms with E-state index in [0.29, 0.717) is 5.56 Å². The lowest BCUT2D eigenvalue weighted by Crippen LogP contribution is -2.46. The van der Waals surface area contributed by atoms with Crippen molar-refractivity contribution in [1.82, 2.24) is 9.97 Å². The maximum absolute atomic E-state index is 13.9. The van der Waals surface area contributed by atoms with Gasteiger partial charge in [-0.3, -0.25) is 10.3 Å². The van der Waals surface area contributed by atoms with Crippen LogP contribution in [0.3, 0.4) is 0 Å². The molecule has 7 nitrogen and oxygen atoms in total. The van der Waals surface area contributed by atoms with Crippen LogP contribution in [-0.2, 0) is 0 Å². The van der Waals surface area contributed by atoms with Crippen LogP contribution in [0.5, 0.6) is 5.75 Å². The molecule has 0 saturated heterocycles. The lowest BCUT2D eigenvalue weighted by molar-refractivity contribution is 0.116. The molecule has 0 spiro atoms. The molecule has 0 saturated carbocycles. The molecular formula is C19H23F3N4O3. The van der Waals surface area contributed by atoms with E-state index in [-0.39, 0.29) is 30.3 Å². The normalized spacial score (nSPS) is 13.8. The lowest BCUT2D eigenvalue weighted by Gasteiger charge is -2.30. The van der Waals surface area contributed by atoms with Crippen molar-refractivity contribution in [2.75, 3.05) is 11.9 Å². The molecule has 4 N–H and O–H groups in total. The summed E-state index contributed by atoms with van der Waals surface area (Å²) in [5, 5.41) is 10.8. The summed E-state index contributed by atoms with van der Waals surface area (Å²) in [4.78, 5) is 18.7. The van der Waals surface area contributed by atoms with Crippen molar-refractivity contribution in [3.05, 3.63) is 36.2 Å². The van der Waals surface area contributed by atoms with Gasteiger partial charge in [-0.1, -0.05) is 0 Å². The Balaban J connectivity index is 2.26. The van der Waals surface area contributed by atoms with Gasteiger partial charge in [-0.25, -0.2) is 22.9 Å². The minimum atomic E-state index is -2.85. The second-order valence-electron chi connectivity index (χ2n) is 7.61. The van der Waals surface area contributed by atoms with E-state index < -0.39 is 29.3 Å². The first kappa shape index (κ1) is 22.4. The van der Waals surface area contributed by atoms with Gasteiger partial charge in [-0.15, -0.1) is 0 Å². The second kappa shape index (κ2) is 8.64. The number of pyridine rings is 2. The highest BCUT2D eigenvalue weighted by Crippen LogP contribution is 2.33. The van der Waals surface area contributed by atoms with Crippen molar-refractivity contribution < 1.29 is 27.8 Å². The number of carbonyl (C=O) groups is 1. The maximum Gasteiger partial charge on any atom is 0.410 e. The third-order valence-corrected chi connectivity index (χ3v) is 3.81. The number of halogens is 3. The van der Waals surface area contributed by atoms with Crippen LogP contribution in [0.2, 0.25) is 0 Å². The monoisotopic (exact) mass is 412 g/mol. The number of nitrogens with one attached hydrogen (secondary N) is 1. The van der Waals surface area contributed by atoms with E-state index in [2.05, 4.69) is 15.3 Å². The van der Waals surface area contributed by atoms with Crippen LogP contribution in [0.1, 0.15) is 39.2 Å². The fraction of sp³-hybridized carbons (Fsp3) is 0.421. The number of rotatable bonds is 8. The number of anilines is 1. The van der Waals surface area contributed by atoms with Crippen molar-refractivity contribution in [1.29, 1.82) is 0 Å².